The molecule has 1 aromatic carbocycles. The lowest BCUT2D eigenvalue weighted by molar-refractivity contribution is 1.18. The van der Waals surface area contributed by atoms with Crippen LogP contribution >= 0.6 is 15.9 Å². The van der Waals surface area contributed by atoms with E-state index < -0.39 is 0 Å². The van der Waals surface area contributed by atoms with Crippen molar-refractivity contribution < 1.29 is 0 Å². The second-order valence-corrected chi connectivity index (χ2v) is 4.63. The molecule has 18 heavy (non-hydrogen) atoms. The number of benzene rings is 1. The number of hydrogen-bond donors (Lipinski definition) is 1. The third kappa shape index (κ3) is 2.29. The SMILES string of the molecule is CN(c1cccc(C#N)c1)c1c(N)cncc1Br. The molecule has 2 rings (SSSR count). The Morgan fingerprint density at radius 3 is 2.83 bits per heavy atom. The normalized spacial score (nSPS) is 9.83. The zero-order valence-corrected chi connectivity index (χ0v) is 11.3. The van der Waals surface area contributed by atoms with Crippen LogP contribution in [0.4, 0.5) is 17.1 Å². The van der Waals surface area contributed by atoms with Gasteiger partial charge in [0.15, 0.2) is 0 Å². The van der Waals surface area contributed by atoms with Gasteiger partial charge in [0.1, 0.15) is 0 Å². The van der Waals surface area contributed by atoms with Crippen molar-refractivity contribution in [2.24, 2.45) is 0 Å². The van der Waals surface area contributed by atoms with Crippen molar-refractivity contribution in [1.82, 2.24) is 4.98 Å². The van der Waals surface area contributed by atoms with Crippen molar-refractivity contribution in [3.8, 4) is 6.07 Å². The van der Waals surface area contributed by atoms with Crippen LogP contribution in [0, 0.1) is 11.3 Å². The zero-order chi connectivity index (χ0) is 13.1. The number of halogens is 1. The van der Waals surface area contributed by atoms with Crippen LogP contribution in [-0.4, -0.2) is 12.0 Å². The first-order valence-electron chi connectivity index (χ1n) is 5.26. The van der Waals surface area contributed by atoms with Gasteiger partial charge >= 0.3 is 0 Å². The molecule has 0 saturated carbocycles. The van der Waals surface area contributed by atoms with Crippen LogP contribution in [0.3, 0.4) is 0 Å². The van der Waals surface area contributed by atoms with Gasteiger partial charge < -0.3 is 10.6 Å². The summed E-state index contributed by atoms with van der Waals surface area (Å²) in [5.74, 6) is 0. The number of nitrogens with two attached hydrogens (primary N) is 1. The predicted molar refractivity (Wildman–Crippen MR) is 75.6 cm³/mol. The molecule has 0 aliphatic carbocycles. The summed E-state index contributed by atoms with van der Waals surface area (Å²) in [4.78, 5) is 5.92. The summed E-state index contributed by atoms with van der Waals surface area (Å²) < 4.78 is 0.812. The Labute approximate surface area is 114 Å². The van der Waals surface area contributed by atoms with Gasteiger partial charge in [-0.2, -0.15) is 5.26 Å². The van der Waals surface area contributed by atoms with E-state index in [1.807, 2.05) is 30.1 Å². The van der Waals surface area contributed by atoms with Gasteiger partial charge in [-0.15, -0.1) is 0 Å². The van der Waals surface area contributed by atoms with Crippen LogP contribution in [0.2, 0.25) is 0 Å². The Morgan fingerprint density at radius 2 is 2.17 bits per heavy atom. The van der Waals surface area contributed by atoms with Gasteiger partial charge in [-0.1, -0.05) is 6.07 Å². The summed E-state index contributed by atoms with van der Waals surface area (Å²) in [6.45, 7) is 0. The van der Waals surface area contributed by atoms with E-state index in [4.69, 9.17) is 11.0 Å². The van der Waals surface area contributed by atoms with E-state index in [1.165, 1.54) is 0 Å². The fourth-order valence-corrected chi connectivity index (χ4v) is 2.32. The highest BCUT2D eigenvalue weighted by atomic mass is 79.9. The van der Waals surface area contributed by atoms with E-state index >= 15 is 0 Å². The van der Waals surface area contributed by atoms with E-state index in [9.17, 15) is 0 Å². The number of nitrogens with zero attached hydrogens (tertiary/aromatic N) is 3. The Balaban J connectivity index is 2.48. The smallest absolute Gasteiger partial charge is 0.0992 e. The molecular weight excluding hydrogens is 292 g/mol. The van der Waals surface area contributed by atoms with Crippen LogP contribution < -0.4 is 10.6 Å². The van der Waals surface area contributed by atoms with Gasteiger partial charge in [-0.3, -0.25) is 4.98 Å². The van der Waals surface area contributed by atoms with E-state index in [0.717, 1.165) is 15.8 Å². The van der Waals surface area contributed by atoms with Gasteiger partial charge in [0.05, 0.1) is 33.7 Å². The third-order valence-electron chi connectivity index (χ3n) is 2.60. The Kier molecular flexibility index (Phi) is 3.49. The van der Waals surface area contributed by atoms with Gasteiger partial charge in [-0.25, -0.2) is 0 Å². The van der Waals surface area contributed by atoms with Gasteiger partial charge in [0.25, 0.3) is 0 Å². The van der Waals surface area contributed by atoms with Crippen LogP contribution in [0.15, 0.2) is 41.1 Å². The van der Waals surface area contributed by atoms with Crippen LogP contribution in [0.25, 0.3) is 0 Å². The standard InChI is InChI=1S/C13H11BrN4/c1-18(10-4-2-3-9(5-10)6-15)13-11(14)7-17-8-12(13)16/h2-5,7-8H,16H2,1H3. The molecule has 1 heterocycles. The minimum Gasteiger partial charge on any atom is -0.396 e. The molecular formula is C13H11BrN4. The van der Waals surface area contributed by atoms with Crippen molar-refractivity contribution in [1.29, 1.82) is 5.26 Å². The first-order chi connectivity index (χ1) is 8.63. The fourth-order valence-electron chi connectivity index (χ4n) is 1.71. The molecule has 5 heteroatoms. The maximum Gasteiger partial charge on any atom is 0.0992 e. The summed E-state index contributed by atoms with van der Waals surface area (Å²) in [5.41, 5.74) is 8.85. The molecule has 0 aliphatic heterocycles. The van der Waals surface area contributed by atoms with E-state index in [2.05, 4.69) is 27.0 Å². The summed E-state index contributed by atoms with van der Waals surface area (Å²) >= 11 is 3.43. The lowest BCUT2D eigenvalue weighted by Gasteiger charge is -2.22. The molecule has 0 amide bonds. The minimum atomic E-state index is 0.578. The minimum absolute atomic E-state index is 0.578. The van der Waals surface area contributed by atoms with E-state index in [1.54, 1.807) is 18.5 Å². The molecule has 2 aromatic rings. The predicted octanol–water partition coefficient (Wildman–Crippen LogP) is 3.07. The summed E-state index contributed by atoms with van der Waals surface area (Å²) in [6, 6.07) is 9.47. The largest absolute Gasteiger partial charge is 0.396 e. The first-order valence-corrected chi connectivity index (χ1v) is 6.05. The maximum absolute atomic E-state index is 8.91. The number of anilines is 3. The number of nitriles is 1. The fraction of sp³-hybridized carbons (Fsp3) is 0.0769. The highest BCUT2D eigenvalue weighted by molar-refractivity contribution is 9.10. The molecule has 90 valence electrons. The Morgan fingerprint density at radius 1 is 1.39 bits per heavy atom. The van der Waals surface area contributed by atoms with Crippen molar-refractivity contribution in [3.05, 3.63) is 46.7 Å². The van der Waals surface area contributed by atoms with Crippen molar-refractivity contribution >= 4 is 33.0 Å². The average Bonchev–Trinajstić information content (AvgIpc) is 2.38. The number of pyridine rings is 1. The van der Waals surface area contributed by atoms with Gasteiger partial charge in [-0.05, 0) is 34.1 Å². The summed E-state index contributed by atoms with van der Waals surface area (Å²) in [5, 5.41) is 8.91. The number of aromatic nitrogens is 1. The topological polar surface area (TPSA) is 65.9 Å². The molecule has 4 nitrogen and oxygen atoms in total. The zero-order valence-electron chi connectivity index (χ0n) is 9.76. The number of hydrogen-bond acceptors (Lipinski definition) is 4. The number of rotatable bonds is 2. The summed E-state index contributed by atoms with van der Waals surface area (Å²) in [6.07, 6.45) is 3.29. The molecule has 0 aliphatic rings. The van der Waals surface area contributed by atoms with E-state index in [0.29, 0.717) is 11.3 Å². The molecule has 0 radical (unpaired) electrons. The lowest BCUT2D eigenvalue weighted by atomic mass is 10.2. The monoisotopic (exact) mass is 302 g/mol. The Hall–Kier alpha value is -2.06. The first kappa shape index (κ1) is 12.4. The molecule has 0 fully saturated rings. The molecule has 0 spiro atoms. The van der Waals surface area contributed by atoms with Crippen molar-refractivity contribution in [3.63, 3.8) is 0 Å². The average molecular weight is 303 g/mol. The molecule has 0 unspecified atom stereocenters. The van der Waals surface area contributed by atoms with Crippen molar-refractivity contribution in [2.75, 3.05) is 17.7 Å². The Bertz CT molecular complexity index is 598. The quantitative estimate of drug-likeness (QED) is 0.926. The van der Waals surface area contributed by atoms with Crippen LogP contribution in [0.1, 0.15) is 5.56 Å². The highest BCUT2D eigenvalue weighted by Crippen LogP contribution is 2.35. The van der Waals surface area contributed by atoms with Gasteiger partial charge in [0, 0.05) is 18.9 Å². The molecule has 0 atom stereocenters. The third-order valence-corrected chi connectivity index (χ3v) is 3.18. The van der Waals surface area contributed by atoms with E-state index in [-0.39, 0.29) is 0 Å². The number of nitrogen functional groups attached to an aromatic ring is 1. The molecule has 2 N–H and O–H groups in total. The molecule has 1 aromatic heterocycles. The van der Waals surface area contributed by atoms with Crippen molar-refractivity contribution in [2.45, 2.75) is 0 Å². The van der Waals surface area contributed by atoms with Crippen LogP contribution in [0.5, 0.6) is 0 Å². The highest BCUT2D eigenvalue weighted by Gasteiger charge is 2.12. The second kappa shape index (κ2) is 5.07. The van der Waals surface area contributed by atoms with Gasteiger partial charge in [0.2, 0.25) is 0 Å². The lowest BCUT2D eigenvalue weighted by Crippen LogP contribution is -2.12. The second-order valence-electron chi connectivity index (χ2n) is 3.78. The molecule has 0 bridgehead atoms. The molecule has 0 saturated heterocycles. The summed E-state index contributed by atoms with van der Waals surface area (Å²) in [7, 11) is 1.90. The van der Waals surface area contributed by atoms with Crippen LogP contribution in [-0.2, 0) is 0 Å². The maximum atomic E-state index is 8.91.